The van der Waals surface area contributed by atoms with Crippen LogP contribution in [0.5, 0.6) is 0 Å². The molecule has 2 rings (SSSR count). The van der Waals surface area contributed by atoms with Crippen LogP contribution in [0.4, 0.5) is 5.82 Å². The molecular weight excluding hydrogens is 286 g/mol. The number of carbonyl (C=O) groups excluding carboxylic acids is 1. The molecular formula is C10H15N5O6. The van der Waals surface area contributed by atoms with Crippen molar-refractivity contribution < 1.29 is 24.9 Å². The zero-order chi connectivity index (χ0) is 15.6. The van der Waals surface area contributed by atoms with Gasteiger partial charge >= 0.3 is 5.69 Å². The van der Waals surface area contributed by atoms with Crippen molar-refractivity contribution in [2.75, 3.05) is 18.5 Å². The molecule has 116 valence electrons. The van der Waals surface area contributed by atoms with Gasteiger partial charge in [0.2, 0.25) is 5.91 Å². The Labute approximate surface area is 118 Å². The molecule has 0 aliphatic carbocycles. The van der Waals surface area contributed by atoms with E-state index in [-0.39, 0.29) is 12.4 Å². The Hall–Kier alpha value is -2.08. The first-order valence-electron chi connectivity index (χ1n) is 6.04. The van der Waals surface area contributed by atoms with Crippen molar-refractivity contribution in [3.63, 3.8) is 0 Å². The zero-order valence-corrected chi connectivity index (χ0v) is 10.8. The maximum absolute atomic E-state index is 11.8. The molecule has 6 N–H and O–H groups in total. The number of aromatic nitrogens is 3. The lowest BCUT2D eigenvalue weighted by Crippen LogP contribution is -2.37. The SMILES string of the molecule is NC(=O)CNc1cnn([C@@H]2O[C@H](CO)[C@H](O)[C@H]2O)c(=O)n1. The highest BCUT2D eigenvalue weighted by Gasteiger charge is 2.44. The van der Waals surface area contributed by atoms with Gasteiger partial charge in [-0.3, -0.25) is 4.79 Å². The lowest BCUT2D eigenvalue weighted by atomic mass is 10.1. The van der Waals surface area contributed by atoms with Crippen LogP contribution in [-0.4, -0.2) is 67.5 Å². The number of amides is 1. The largest absolute Gasteiger partial charge is 0.394 e. The minimum atomic E-state index is -1.43. The monoisotopic (exact) mass is 301 g/mol. The minimum absolute atomic E-state index is 0.0294. The van der Waals surface area contributed by atoms with Crippen molar-refractivity contribution in [2.45, 2.75) is 24.5 Å². The summed E-state index contributed by atoms with van der Waals surface area (Å²) in [6, 6.07) is 0. The fourth-order valence-corrected chi connectivity index (χ4v) is 1.87. The summed E-state index contributed by atoms with van der Waals surface area (Å²) < 4.78 is 5.89. The topological polar surface area (TPSA) is 173 Å². The van der Waals surface area contributed by atoms with Crippen LogP contribution in [0.25, 0.3) is 0 Å². The van der Waals surface area contributed by atoms with Crippen LogP contribution in [0, 0.1) is 0 Å². The number of rotatable bonds is 5. The fraction of sp³-hybridized carbons (Fsp3) is 0.600. The zero-order valence-electron chi connectivity index (χ0n) is 10.8. The van der Waals surface area contributed by atoms with Gasteiger partial charge in [-0.1, -0.05) is 0 Å². The first kappa shape index (κ1) is 15.3. The number of primary amides is 1. The first-order chi connectivity index (χ1) is 9.93. The van der Waals surface area contributed by atoms with Gasteiger partial charge in [-0.2, -0.15) is 14.8 Å². The Morgan fingerprint density at radius 2 is 2.19 bits per heavy atom. The molecule has 1 aromatic heterocycles. The number of hydrogen-bond acceptors (Lipinski definition) is 9. The summed E-state index contributed by atoms with van der Waals surface area (Å²) >= 11 is 0. The van der Waals surface area contributed by atoms with Crippen molar-refractivity contribution in [1.29, 1.82) is 0 Å². The average molecular weight is 301 g/mol. The Morgan fingerprint density at radius 3 is 2.71 bits per heavy atom. The van der Waals surface area contributed by atoms with Gasteiger partial charge < -0.3 is 31.1 Å². The van der Waals surface area contributed by atoms with Crippen molar-refractivity contribution in [2.24, 2.45) is 5.73 Å². The highest BCUT2D eigenvalue weighted by Crippen LogP contribution is 2.27. The molecule has 4 atom stereocenters. The van der Waals surface area contributed by atoms with Crippen LogP contribution in [-0.2, 0) is 9.53 Å². The molecule has 1 aromatic rings. The molecule has 0 radical (unpaired) electrons. The van der Waals surface area contributed by atoms with E-state index >= 15 is 0 Å². The average Bonchev–Trinajstić information content (AvgIpc) is 2.73. The summed E-state index contributed by atoms with van der Waals surface area (Å²) in [5.74, 6) is -0.605. The van der Waals surface area contributed by atoms with Crippen molar-refractivity contribution >= 4 is 11.7 Å². The van der Waals surface area contributed by atoms with Gasteiger partial charge in [-0.25, -0.2) is 4.79 Å². The normalized spacial score (nSPS) is 28.5. The quantitative estimate of drug-likeness (QED) is 0.365. The third kappa shape index (κ3) is 3.16. The first-order valence-corrected chi connectivity index (χ1v) is 6.04. The molecule has 11 heteroatoms. The van der Waals surface area contributed by atoms with Crippen LogP contribution in [0.2, 0.25) is 0 Å². The molecule has 1 aliphatic rings. The van der Waals surface area contributed by atoms with Gasteiger partial charge in [-0.05, 0) is 0 Å². The number of aliphatic hydroxyl groups is 3. The van der Waals surface area contributed by atoms with Crippen LogP contribution >= 0.6 is 0 Å². The Kier molecular flexibility index (Phi) is 4.47. The summed E-state index contributed by atoms with van der Waals surface area (Å²) in [6.07, 6.45) is -3.92. The van der Waals surface area contributed by atoms with E-state index in [2.05, 4.69) is 15.4 Å². The molecule has 1 amide bonds. The lowest BCUT2D eigenvalue weighted by Gasteiger charge is -2.15. The van der Waals surface area contributed by atoms with E-state index in [0.717, 1.165) is 10.9 Å². The second-order valence-corrected chi connectivity index (χ2v) is 4.42. The maximum atomic E-state index is 11.8. The van der Waals surface area contributed by atoms with Crippen LogP contribution in [0.1, 0.15) is 6.23 Å². The summed E-state index contributed by atoms with van der Waals surface area (Å²) in [5.41, 5.74) is 4.07. The van der Waals surface area contributed by atoms with E-state index in [1.54, 1.807) is 0 Å². The van der Waals surface area contributed by atoms with E-state index in [0.29, 0.717) is 0 Å². The van der Waals surface area contributed by atoms with Gasteiger partial charge in [-0.15, -0.1) is 0 Å². The molecule has 21 heavy (non-hydrogen) atoms. The molecule has 11 nitrogen and oxygen atoms in total. The highest BCUT2D eigenvalue weighted by molar-refractivity contribution is 5.78. The predicted octanol–water partition coefficient (Wildman–Crippen LogP) is -3.85. The Balaban J connectivity index is 2.18. The van der Waals surface area contributed by atoms with E-state index in [1.165, 1.54) is 0 Å². The standard InChI is InChI=1S/C10H15N5O6/c11-5(17)1-12-6-2-13-15(10(20)14-6)9-8(19)7(18)4(3-16)21-9/h2,4,7-9,16,18-19H,1,3H2,(H2,11,17)(H,12,14,20)/t4-,7+,8-,9-/m1/s1. The van der Waals surface area contributed by atoms with Gasteiger partial charge in [0.1, 0.15) is 18.3 Å². The van der Waals surface area contributed by atoms with Gasteiger partial charge in [0.05, 0.1) is 19.3 Å². The molecule has 1 fully saturated rings. The van der Waals surface area contributed by atoms with Crippen molar-refractivity contribution in [1.82, 2.24) is 14.8 Å². The molecule has 0 spiro atoms. The fourth-order valence-electron chi connectivity index (χ4n) is 1.87. The Bertz CT molecular complexity index is 577. The predicted molar refractivity (Wildman–Crippen MR) is 67.0 cm³/mol. The van der Waals surface area contributed by atoms with Crippen molar-refractivity contribution in [3.8, 4) is 0 Å². The smallest absolute Gasteiger partial charge is 0.368 e. The number of anilines is 1. The maximum Gasteiger partial charge on any atom is 0.368 e. The third-order valence-corrected chi connectivity index (χ3v) is 2.92. The van der Waals surface area contributed by atoms with E-state index in [4.69, 9.17) is 15.6 Å². The third-order valence-electron chi connectivity index (χ3n) is 2.92. The van der Waals surface area contributed by atoms with Crippen LogP contribution < -0.4 is 16.7 Å². The summed E-state index contributed by atoms with van der Waals surface area (Å²) in [6.45, 7) is -0.735. The molecule has 1 saturated heterocycles. The number of nitrogens with zero attached hydrogens (tertiary/aromatic N) is 3. The molecule has 0 saturated carbocycles. The van der Waals surface area contributed by atoms with Gasteiger partial charge in [0.25, 0.3) is 0 Å². The van der Waals surface area contributed by atoms with Crippen LogP contribution in [0.3, 0.4) is 0 Å². The number of ether oxygens (including phenoxy) is 1. The lowest BCUT2D eigenvalue weighted by molar-refractivity contribution is -0.116. The van der Waals surface area contributed by atoms with Gasteiger partial charge in [0, 0.05) is 0 Å². The minimum Gasteiger partial charge on any atom is -0.394 e. The van der Waals surface area contributed by atoms with Gasteiger partial charge in [0.15, 0.2) is 12.0 Å². The molecule has 2 heterocycles. The van der Waals surface area contributed by atoms with Crippen LogP contribution in [0.15, 0.2) is 11.0 Å². The molecule has 0 aromatic carbocycles. The second kappa shape index (κ2) is 6.13. The number of nitrogens with two attached hydrogens (primary N) is 1. The molecule has 0 bridgehead atoms. The summed E-state index contributed by atoms with van der Waals surface area (Å²) in [4.78, 5) is 26.0. The molecule has 1 aliphatic heterocycles. The molecule has 0 unspecified atom stereocenters. The van der Waals surface area contributed by atoms with E-state index in [9.17, 15) is 19.8 Å². The number of carbonyl (C=O) groups is 1. The summed E-state index contributed by atoms with van der Waals surface area (Å²) in [7, 11) is 0. The van der Waals surface area contributed by atoms with Crippen molar-refractivity contribution in [3.05, 3.63) is 16.7 Å². The Morgan fingerprint density at radius 1 is 1.48 bits per heavy atom. The van der Waals surface area contributed by atoms with E-state index < -0.39 is 42.7 Å². The number of nitrogens with one attached hydrogen (secondary N) is 1. The number of hydrogen-bond donors (Lipinski definition) is 5. The van der Waals surface area contributed by atoms with E-state index in [1.807, 2.05) is 0 Å². The highest BCUT2D eigenvalue weighted by atomic mass is 16.6. The summed E-state index contributed by atoms with van der Waals surface area (Å²) in [5, 5.41) is 34.6. The second-order valence-electron chi connectivity index (χ2n) is 4.42. The number of aliphatic hydroxyl groups excluding tert-OH is 3.